The molecule has 0 amide bonds. The molecule has 1 unspecified atom stereocenters. The molecule has 0 spiro atoms. The van der Waals surface area contributed by atoms with Crippen molar-refractivity contribution in [3.05, 3.63) is 71.4 Å². The summed E-state index contributed by atoms with van der Waals surface area (Å²) in [4.78, 5) is 25.5. The van der Waals surface area contributed by atoms with E-state index in [0.717, 1.165) is 47.1 Å². The fourth-order valence-electron chi connectivity index (χ4n) is 3.95. The number of ketones is 2. The number of fused-ring (bicyclic) bond motifs is 3. The maximum atomic E-state index is 13.1. The zero-order chi connectivity index (χ0) is 16.7. The summed E-state index contributed by atoms with van der Waals surface area (Å²) in [5, 5.41) is 0.966. The Labute approximate surface area is 140 Å². The average Bonchev–Trinajstić information content (AvgIpc) is 2.96. The van der Waals surface area contributed by atoms with Crippen molar-refractivity contribution in [1.29, 1.82) is 0 Å². The summed E-state index contributed by atoms with van der Waals surface area (Å²) in [6.07, 6.45) is 1.75. The zero-order valence-electron chi connectivity index (χ0n) is 13.7. The van der Waals surface area contributed by atoms with Gasteiger partial charge in [0.05, 0.1) is 5.92 Å². The monoisotopic (exact) mass is 317 g/mol. The van der Waals surface area contributed by atoms with Gasteiger partial charge in [-0.05, 0) is 25.8 Å². The van der Waals surface area contributed by atoms with E-state index in [9.17, 15) is 9.59 Å². The highest BCUT2D eigenvalue weighted by Gasteiger charge is 2.33. The molecule has 0 saturated heterocycles. The number of aryl methyl sites for hydroxylation is 1. The van der Waals surface area contributed by atoms with Crippen LogP contribution in [0.25, 0.3) is 10.9 Å². The first-order chi connectivity index (χ1) is 11.7. The topological polar surface area (TPSA) is 39.1 Å². The number of para-hydroxylation sites is 1. The quantitative estimate of drug-likeness (QED) is 0.662. The number of aromatic nitrogens is 1. The Morgan fingerprint density at radius 1 is 1.00 bits per heavy atom. The smallest absolute Gasteiger partial charge is 0.171 e. The second kappa shape index (κ2) is 5.75. The van der Waals surface area contributed by atoms with Crippen LogP contribution in [0.15, 0.2) is 54.6 Å². The third-order valence-corrected chi connectivity index (χ3v) is 4.94. The molecule has 1 aliphatic heterocycles. The number of hydrogen-bond donors (Lipinski definition) is 0. The van der Waals surface area contributed by atoms with Crippen molar-refractivity contribution >= 4 is 22.5 Å². The minimum absolute atomic E-state index is 0.0349. The fourth-order valence-corrected chi connectivity index (χ4v) is 3.95. The molecule has 2 heterocycles. The lowest BCUT2D eigenvalue weighted by atomic mass is 9.85. The summed E-state index contributed by atoms with van der Waals surface area (Å²) < 4.78 is 2.18. The summed E-state index contributed by atoms with van der Waals surface area (Å²) in [7, 11) is 0. The second-order valence-corrected chi connectivity index (χ2v) is 6.41. The molecule has 1 atom stereocenters. The molecule has 3 heteroatoms. The number of nitrogens with zero attached hydrogens (tertiary/aromatic N) is 1. The second-order valence-electron chi connectivity index (χ2n) is 6.41. The molecule has 3 aromatic rings. The first-order valence-corrected chi connectivity index (χ1v) is 8.40. The Balaban J connectivity index is 1.94. The third kappa shape index (κ3) is 2.20. The summed E-state index contributed by atoms with van der Waals surface area (Å²) in [6, 6.07) is 17.4. The lowest BCUT2D eigenvalue weighted by molar-refractivity contribution is 0.0943. The van der Waals surface area contributed by atoms with Crippen LogP contribution in [0.3, 0.4) is 0 Å². The molecule has 1 aliphatic rings. The van der Waals surface area contributed by atoms with E-state index in [-0.39, 0.29) is 17.5 Å². The Morgan fingerprint density at radius 3 is 2.46 bits per heavy atom. The van der Waals surface area contributed by atoms with E-state index >= 15 is 0 Å². The van der Waals surface area contributed by atoms with Crippen molar-refractivity contribution in [2.45, 2.75) is 32.2 Å². The van der Waals surface area contributed by atoms with Crippen LogP contribution in [0.5, 0.6) is 0 Å². The van der Waals surface area contributed by atoms with Crippen LogP contribution in [0.2, 0.25) is 0 Å². The molecular weight excluding hydrogens is 298 g/mol. The molecule has 120 valence electrons. The lowest BCUT2D eigenvalue weighted by Gasteiger charge is -2.25. The van der Waals surface area contributed by atoms with Crippen LogP contribution in [0.4, 0.5) is 0 Å². The van der Waals surface area contributed by atoms with Crippen LogP contribution < -0.4 is 0 Å². The number of hydrogen-bond acceptors (Lipinski definition) is 2. The molecule has 24 heavy (non-hydrogen) atoms. The lowest BCUT2D eigenvalue weighted by Crippen LogP contribution is -2.23. The first kappa shape index (κ1) is 14.9. The highest BCUT2D eigenvalue weighted by molar-refractivity contribution is 6.11. The molecule has 0 fully saturated rings. The largest absolute Gasteiger partial charge is 0.343 e. The number of carbonyl (C=O) groups excluding carboxylic acids is 2. The Bertz CT molecular complexity index is 937. The third-order valence-electron chi connectivity index (χ3n) is 4.94. The van der Waals surface area contributed by atoms with E-state index in [1.807, 2.05) is 54.6 Å². The number of benzene rings is 2. The molecule has 0 radical (unpaired) electrons. The molecule has 0 aliphatic carbocycles. The van der Waals surface area contributed by atoms with Crippen LogP contribution in [-0.4, -0.2) is 16.1 Å². The predicted octanol–water partition coefficient (Wildman–Crippen LogP) is 4.60. The van der Waals surface area contributed by atoms with Crippen molar-refractivity contribution in [3.63, 3.8) is 0 Å². The standard InChI is InChI=1S/C21H19NO2/c1-14(23)19-16-10-5-6-12-18(16)22-13-7-11-17(20(19)22)21(24)15-8-3-2-4-9-15/h2-6,8-10,12,17H,7,11,13H2,1H3. The maximum absolute atomic E-state index is 13.1. The summed E-state index contributed by atoms with van der Waals surface area (Å²) in [5.41, 5.74) is 3.40. The van der Waals surface area contributed by atoms with Crippen LogP contribution in [0, 0.1) is 0 Å². The van der Waals surface area contributed by atoms with Gasteiger partial charge >= 0.3 is 0 Å². The molecule has 0 bridgehead atoms. The highest BCUT2D eigenvalue weighted by Crippen LogP contribution is 2.39. The van der Waals surface area contributed by atoms with Crippen LogP contribution in [-0.2, 0) is 6.54 Å². The van der Waals surface area contributed by atoms with E-state index in [1.165, 1.54) is 0 Å². The SMILES string of the molecule is CC(=O)c1c2n(c3ccccc13)CCCC2C(=O)c1ccccc1. The molecule has 4 rings (SSSR count). The van der Waals surface area contributed by atoms with Crippen LogP contribution in [0.1, 0.15) is 52.1 Å². The molecular formula is C21H19NO2. The average molecular weight is 317 g/mol. The highest BCUT2D eigenvalue weighted by atomic mass is 16.1. The van der Waals surface area contributed by atoms with Gasteiger partial charge in [0.15, 0.2) is 11.6 Å². The normalized spacial score (nSPS) is 16.8. The number of Topliss-reactive ketones (excluding diaryl/α,β-unsaturated/α-hetero) is 2. The van der Waals surface area contributed by atoms with Gasteiger partial charge in [-0.1, -0.05) is 48.5 Å². The Hall–Kier alpha value is -2.68. The van der Waals surface area contributed by atoms with Crippen molar-refractivity contribution < 1.29 is 9.59 Å². The van der Waals surface area contributed by atoms with Gasteiger partial charge in [-0.15, -0.1) is 0 Å². The number of carbonyl (C=O) groups is 2. The number of rotatable bonds is 3. The minimum Gasteiger partial charge on any atom is -0.343 e. The fraction of sp³-hybridized carbons (Fsp3) is 0.238. The predicted molar refractivity (Wildman–Crippen MR) is 94.7 cm³/mol. The molecule has 0 saturated carbocycles. The molecule has 1 aromatic heterocycles. The summed E-state index contributed by atoms with van der Waals surface area (Å²) in [6.45, 7) is 2.46. The van der Waals surface area contributed by atoms with Gasteiger partial charge in [0.2, 0.25) is 0 Å². The zero-order valence-corrected chi connectivity index (χ0v) is 13.7. The minimum atomic E-state index is -0.243. The molecule has 0 N–H and O–H groups in total. The van der Waals surface area contributed by atoms with Gasteiger partial charge in [0.1, 0.15) is 0 Å². The van der Waals surface area contributed by atoms with Gasteiger partial charge in [0, 0.05) is 34.3 Å². The van der Waals surface area contributed by atoms with Gasteiger partial charge in [0.25, 0.3) is 0 Å². The van der Waals surface area contributed by atoms with Gasteiger partial charge in [-0.3, -0.25) is 9.59 Å². The maximum Gasteiger partial charge on any atom is 0.171 e. The van der Waals surface area contributed by atoms with E-state index < -0.39 is 0 Å². The van der Waals surface area contributed by atoms with Crippen LogP contribution >= 0.6 is 0 Å². The van der Waals surface area contributed by atoms with Crippen molar-refractivity contribution in [2.75, 3.05) is 0 Å². The van der Waals surface area contributed by atoms with E-state index in [0.29, 0.717) is 0 Å². The summed E-state index contributed by atoms with van der Waals surface area (Å²) >= 11 is 0. The van der Waals surface area contributed by atoms with Crippen molar-refractivity contribution in [3.8, 4) is 0 Å². The Morgan fingerprint density at radius 2 is 1.71 bits per heavy atom. The Kier molecular flexibility index (Phi) is 3.57. The van der Waals surface area contributed by atoms with Gasteiger partial charge in [-0.2, -0.15) is 0 Å². The van der Waals surface area contributed by atoms with Gasteiger partial charge < -0.3 is 4.57 Å². The van der Waals surface area contributed by atoms with E-state index in [2.05, 4.69) is 4.57 Å². The van der Waals surface area contributed by atoms with Crippen molar-refractivity contribution in [2.24, 2.45) is 0 Å². The van der Waals surface area contributed by atoms with E-state index in [1.54, 1.807) is 6.92 Å². The van der Waals surface area contributed by atoms with Gasteiger partial charge in [-0.25, -0.2) is 0 Å². The van der Waals surface area contributed by atoms with Crippen molar-refractivity contribution in [1.82, 2.24) is 4.57 Å². The van der Waals surface area contributed by atoms with E-state index in [4.69, 9.17) is 0 Å². The molecule has 2 aromatic carbocycles. The summed E-state index contributed by atoms with van der Waals surface area (Å²) in [5.74, 6) is -0.0954. The first-order valence-electron chi connectivity index (χ1n) is 8.40. The molecule has 3 nitrogen and oxygen atoms in total.